The molecular weight excluding hydrogens is 272 g/mol. The van der Waals surface area contributed by atoms with Crippen molar-refractivity contribution in [1.29, 1.82) is 0 Å². The highest BCUT2D eigenvalue weighted by molar-refractivity contribution is 5.67. The molecule has 1 rings (SSSR count). The third kappa shape index (κ3) is 7.01. The molecular formula is C14H22N4O3. The predicted octanol–water partition coefficient (Wildman–Crippen LogP) is 0.876. The molecule has 0 bridgehead atoms. The predicted molar refractivity (Wildman–Crippen MR) is 81.8 cm³/mol. The van der Waals surface area contributed by atoms with Crippen LogP contribution in [0.3, 0.4) is 0 Å². The lowest BCUT2D eigenvalue weighted by Gasteiger charge is -2.02. The molecule has 0 radical (unpaired) electrons. The van der Waals surface area contributed by atoms with Crippen LogP contribution in [0.15, 0.2) is 11.0 Å². The SMILES string of the molecule is CC.CCCOC(=O)NCC#Cc1cn(C)c(=O)nc1N. The first-order valence-corrected chi connectivity index (χ1v) is 6.77. The van der Waals surface area contributed by atoms with E-state index in [1.54, 1.807) is 7.05 Å². The van der Waals surface area contributed by atoms with E-state index >= 15 is 0 Å². The Hall–Kier alpha value is -2.49. The van der Waals surface area contributed by atoms with Crippen molar-refractivity contribution in [2.24, 2.45) is 7.05 Å². The van der Waals surface area contributed by atoms with E-state index in [1.165, 1.54) is 10.8 Å². The number of aryl methyl sites for hydroxylation is 1. The second-order valence-electron chi connectivity index (χ2n) is 3.72. The quantitative estimate of drug-likeness (QED) is 0.806. The molecule has 1 amide bonds. The molecule has 0 saturated carbocycles. The van der Waals surface area contributed by atoms with E-state index in [2.05, 4.69) is 22.1 Å². The molecule has 7 nitrogen and oxygen atoms in total. The number of alkyl carbamates (subject to hydrolysis) is 1. The Balaban J connectivity index is 0.00000191. The van der Waals surface area contributed by atoms with Gasteiger partial charge in [-0.1, -0.05) is 32.6 Å². The molecule has 116 valence electrons. The molecule has 0 saturated heterocycles. The number of nitrogen functional groups attached to an aromatic ring is 1. The summed E-state index contributed by atoms with van der Waals surface area (Å²) < 4.78 is 6.08. The fourth-order valence-electron chi connectivity index (χ4n) is 1.16. The van der Waals surface area contributed by atoms with E-state index in [-0.39, 0.29) is 12.4 Å². The van der Waals surface area contributed by atoms with E-state index in [4.69, 9.17) is 10.5 Å². The molecule has 1 aromatic heterocycles. The minimum absolute atomic E-state index is 0.0733. The average molecular weight is 294 g/mol. The van der Waals surface area contributed by atoms with Crippen LogP contribution >= 0.6 is 0 Å². The van der Waals surface area contributed by atoms with Crippen LogP contribution in [0.4, 0.5) is 10.6 Å². The van der Waals surface area contributed by atoms with Crippen molar-refractivity contribution < 1.29 is 9.53 Å². The molecule has 0 aliphatic heterocycles. The van der Waals surface area contributed by atoms with Gasteiger partial charge >= 0.3 is 11.8 Å². The van der Waals surface area contributed by atoms with Gasteiger partial charge in [-0.3, -0.25) is 0 Å². The number of rotatable bonds is 3. The molecule has 7 heteroatoms. The van der Waals surface area contributed by atoms with Gasteiger partial charge in [0.1, 0.15) is 5.82 Å². The van der Waals surface area contributed by atoms with Crippen LogP contribution in [-0.4, -0.2) is 28.8 Å². The zero-order valence-electron chi connectivity index (χ0n) is 12.9. The fraction of sp³-hybridized carbons (Fsp3) is 0.500. The molecule has 0 atom stereocenters. The number of carbonyl (C=O) groups excluding carboxylic acids is 1. The van der Waals surface area contributed by atoms with E-state index in [0.717, 1.165) is 6.42 Å². The summed E-state index contributed by atoms with van der Waals surface area (Å²) in [5.74, 6) is 5.50. The molecule has 1 heterocycles. The van der Waals surface area contributed by atoms with Gasteiger partial charge in [-0.05, 0) is 6.42 Å². The first kappa shape index (κ1) is 18.5. The molecule has 0 aliphatic rings. The van der Waals surface area contributed by atoms with E-state index in [1.807, 2.05) is 20.8 Å². The van der Waals surface area contributed by atoms with Crippen molar-refractivity contribution in [2.45, 2.75) is 27.2 Å². The van der Waals surface area contributed by atoms with Gasteiger partial charge in [0.15, 0.2) is 0 Å². The van der Waals surface area contributed by atoms with Gasteiger partial charge in [-0.25, -0.2) is 9.59 Å². The molecule has 0 fully saturated rings. The zero-order chi connectivity index (χ0) is 16.3. The number of nitrogens with zero attached hydrogens (tertiary/aromatic N) is 2. The van der Waals surface area contributed by atoms with Crippen molar-refractivity contribution in [3.8, 4) is 11.8 Å². The van der Waals surface area contributed by atoms with Crippen LogP contribution in [0.25, 0.3) is 0 Å². The van der Waals surface area contributed by atoms with Crippen molar-refractivity contribution in [2.75, 3.05) is 18.9 Å². The lowest BCUT2D eigenvalue weighted by atomic mass is 10.3. The van der Waals surface area contributed by atoms with E-state index in [0.29, 0.717) is 12.2 Å². The molecule has 0 spiro atoms. The van der Waals surface area contributed by atoms with Crippen LogP contribution < -0.4 is 16.7 Å². The van der Waals surface area contributed by atoms with Gasteiger partial charge < -0.3 is 20.4 Å². The Morgan fingerprint density at radius 2 is 2.19 bits per heavy atom. The Morgan fingerprint density at radius 3 is 2.81 bits per heavy atom. The summed E-state index contributed by atoms with van der Waals surface area (Å²) in [5, 5.41) is 2.47. The third-order valence-corrected chi connectivity index (χ3v) is 2.10. The van der Waals surface area contributed by atoms with Gasteiger partial charge in [-0.15, -0.1) is 0 Å². The van der Waals surface area contributed by atoms with Crippen LogP contribution in [0.2, 0.25) is 0 Å². The summed E-state index contributed by atoms with van der Waals surface area (Å²) in [5.41, 5.74) is 5.55. The fourth-order valence-corrected chi connectivity index (χ4v) is 1.16. The first-order chi connectivity index (χ1) is 10.0. The summed E-state index contributed by atoms with van der Waals surface area (Å²) in [7, 11) is 1.56. The Bertz CT molecular complexity index is 570. The number of aromatic nitrogens is 2. The maximum Gasteiger partial charge on any atom is 0.407 e. The lowest BCUT2D eigenvalue weighted by molar-refractivity contribution is 0.147. The number of amides is 1. The van der Waals surface area contributed by atoms with Crippen molar-refractivity contribution >= 4 is 11.9 Å². The summed E-state index contributed by atoms with van der Waals surface area (Å²) in [4.78, 5) is 25.9. The summed E-state index contributed by atoms with van der Waals surface area (Å²) in [6, 6.07) is 0. The monoisotopic (exact) mass is 294 g/mol. The number of hydrogen-bond donors (Lipinski definition) is 2. The minimum atomic E-state index is -0.511. The summed E-state index contributed by atoms with van der Waals surface area (Å²) in [6.07, 6.45) is 1.74. The first-order valence-electron chi connectivity index (χ1n) is 6.77. The number of nitrogens with one attached hydrogen (secondary N) is 1. The van der Waals surface area contributed by atoms with Crippen molar-refractivity contribution in [3.63, 3.8) is 0 Å². The minimum Gasteiger partial charge on any atom is -0.450 e. The average Bonchev–Trinajstić information content (AvgIpc) is 2.48. The molecule has 1 aromatic rings. The standard InChI is InChI=1S/C12H16N4O3.C2H6/c1-3-7-19-12(18)14-6-4-5-9-8-16(2)11(17)15-10(9)13;1-2/h8H,3,6-7H2,1-2H3,(H,14,18)(H2,13,15,17);1-2H3. The molecule has 3 N–H and O–H groups in total. The Labute approximate surface area is 124 Å². The number of anilines is 1. The number of nitrogens with two attached hydrogens (primary N) is 1. The molecule has 0 unspecified atom stereocenters. The Morgan fingerprint density at radius 1 is 1.52 bits per heavy atom. The Kier molecular flexibility index (Phi) is 9.09. The third-order valence-electron chi connectivity index (χ3n) is 2.10. The number of carbonyl (C=O) groups is 1. The van der Waals surface area contributed by atoms with Crippen molar-refractivity contribution in [3.05, 3.63) is 22.2 Å². The largest absolute Gasteiger partial charge is 0.450 e. The summed E-state index contributed by atoms with van der Waals surface area (Å²) in [6.45, 7) is 6.41. The highest BCUT2D eigenvalue weighted by Gasteiger charge is 2.00. The van der Waals surface area contributed by atoms with Crippen LogP contribution in [0.1, 0.15) is 32.8 Å². The number of ether oxygens (including phenoxy) is 1. The van der Waals surface area contributed by atoms with Gasteiger partial charge in [0.25, 0.3) is 0 Å². The highest BCUT2D eigenvalue weighted by Crippen LogP contribution is 2.01. The van der Waals surface area contributed by atoms with Crippen LogP contribution in [0, 0.1) is 11.8 Å². The smallest absolute Gasteiger partial charge is 0.407 e. The topological polar surface area (TPSA) is 99.2 Å². The normalized spacial score (nSPS) is 8.76. The number of hydrogen-bond acceptors (Lipinski definition) is 5. The van der Waals surface area contributed by atoms with Crippen molar-refractivity contribution in [1.82, 2.24) is 14.9 Å². The van der Waals surface area contributed by atoms with E-state index < -0.39 is 11.8 Å². The maximum absolute atomic E-state index is 11.2. The molecule has 0 aliphatic carbocycles. The molecule has 0 aromatic carbocycles. The van der Waals surface area contributed by atoms with Gasteiger partial charge in [0, 0.05) is 13.2 Å². The second-order valence-corrected chi connectivity index (χ2v) is 3.72. The highest BCUT2D eigenvalue weighted by atomic mass is 16.5. The van der Waals surface area contributed by atoms with E-state index in [9.17, 15) is 9.59 Å². The zero-order valence-corrected chi connectivity index (χ0v) is 12.9. The lowest BCUT2D eigenvalue weighted by Crippen LogP contribution is -2.25. The van der Waals surface area contributed by atoms with Crippen LogP contribution in [0.5, 0.6) is 0 Å². The van der Waals surface area contributed by atoms with Gasteiger partial charge in [0.05, 0.1) is 18.7 Å². The second kappa shape index (κ2) is 10.3. The summed E-state index contributed by atoms with van der Waals surface area (Å²) >= 11 is 0. The van der Waals surface area contributed by atoms with Gasteiger partial charge in [-0.2, -0.15) is 4.98 Å². The maximum atomic E-state index is 11.2. The van der Waals surface area contributed by atoms with Gasteiger partial charge in [0.2, 0.25) is 0 Å². The molecule has 21 heavy (non-hydrogen) atoms. The van der Waals surface area contributed by atoms with Crippen LogP contribution in [-0.2, 0) is 11.8 Å².